The molecule has 30 heavy (non-hydrogen) atoms. The Bertz CT molecular complexity index is 1000. The highest BCUT2D eigenvalue weighted by molar-refractivity contribution is 7.99. The molecule has 2 aromatic carbocycles. The van der Waals surface area contributed by atoms with Crippen LogP contribution in [-0.2, 0) is 16.1 Å². The van der Waals surface area contributed by atoms with E-state index in [9.17, 15) is 4.79 Å². The van der Waals surface area contributed by atoms with Gasteiger partial charge in [-0.2, -0.15) is 0 Å². The molecule has 1 aromatic heterocycles. The summed E-state index contributed by atoms with van der Waals surface area (Å²) in [5.41, 5.74) is 3.97. The van der Waals surface area contributed by atoms with Gasteiger partial charge in [0.05, 0.1) is 26.0 Å². The van der Waals surface area contributed by atoms with Gasteiger partial charge in [0.1, 0.15) is 5.75 Å². The van der Waals surface area contributed by atoms with E-state index in [1.165, 1.54) is 11.8 Å². The maximum absolute atomic E-state index is 12.5. The van der Waals surface area contributed by atoms with Crippen molar-refractivity contribution in [1.82, 2.24) is 14.8 Å². The molecule has 8 heteroatoms. The molecule has 0 aliphatic carbocycles. The molecule has 7 nitrogen and oxygen atoms in total. The zero-order valence-corrected chi connectivity index (χ0v) is 18.5. The van der Waals surface area contributed by atoms with E-state index in [0.29, 0.717) is 18.3 Å². The summed E-state index contributed by atoms with van der Waals surface area (Å²) < 4.78 is 12.4. The minimum absolute atomic E-state index is 0.0824. The van der Waals surface area contributed by atoms with E-state index >= 15 is 0 Å². The van der Waals surface area contributed by atoms with Crippen molar-refractivity contribution < 1.29 is 14.3 Å². The van der Waals surface area contributed by atoms with Crippen LogP contribution in [0.4, 0.5) is 5.69 Å². The van der Waals surface area contributed by atoms with Gasteiger partial charge in [0.25, 0.3) is 0 Å². The number of amides is 1. The molecule has 0 spiro atoms. The number of nitrogens with zero attached hydrogens (tertiary/aromatic N) is 3. The number of hydrogen-bond donors (Lipinski definition) is 1. The highest BCUT2D eigenvalue weighted by Gasteiger charge is 2.16. The van der Waals surface area contributed by atoms with Gasteiger partial charge in [-0.3, -0.25) is 9.36 Å². The normalized spacial score (nSPS) is 10.8. The zero-order valence-electron chi connectivity index (χ0n) is 17.6. The minimum Gasteiger partial charge on any atom is -0.497 e. The second-order valence-electron chi connectivity index (χ2n) is 6.76. The summed E-state index contributed by atoms with van der Waals surface area (Å²) in [4.78, 5) is 12.5. The molecule has 1 amide bonds. The van der Waals surface area contributed by atoms with Crippen molar-refractivity contribution in [1.29, 1.82) is 0 Å². The maximum atomic E-state index is 12.5. The number of nitrogens with one attached hydrogen (secondary N) is 1. The van der Waals surface area contributed by atoms with Crippen LogP contribution in [0.25, 0.3) is 11.4 Å². The quantitative estimate of drug-likeness (QED) is 0.522. The lowest BCUT2D eigenvalue weighted by atomic mass is 10.1. The van der Waals surface area contributed by atoms with Crippen molar-refractivity contribution in [3.8, 4) is 17.1 Å². The number of aromatic nitrogens is 3. The van der Waals surface area contributed by atoms with Crippen LogP contribution in [0.3, 0.4) is 0 Å². The third-order valence-electron chi connectivity index (χ3n) is 4.80. The Kier molecular flexibility index (Phi) is 7.48. The van der Waals surface area contributed by atoms with Crippen LogP contribution in [0.2, 0.25) is 0 Å². The average molecular weight is 427 g/mol. The van der Waals surface area contributed by atoms with E-state index in [0.717, 1.165) is 34.0 Å². The Hall–Kier alpha value is -2.84. The molecule has 0 saturated carbocycles. The Balaban J connectivity index is 1.73. The molecule has 0 bridgehead atoms. The molecule has 1 heterocycles. The maximum Gasteiger partial charge on any atom is 0.234 e. The Morgan fingerprint density at radius 3 is 2.57 bits per heavy atom. The largest absolute Gasteiger partial charge is 0.497 e. The summed E-state index contributed by atoms with van der Waals surface area (Å²) >= 11 is 1.36. The van der Waals surface area contributed by atoms with Crippen LogP contribution >= 0.6 is 11.8 Å². The number of methoxy groups -OCH3 is 2. The van der Waals surface area contributed by atoms with Gasteiger partial charge >= 0.3 is 0 Å². The molecule has 1 N–H and O–H groups in total. The third-order valence-corrected chi connectivity index (χ3v) is 5.76. The highest BCUT2D eigenvalue weighted by atomic mass is 32.2. The summed E-state index contributed by atoms with van der Waals surface area (Å²) in [7, 11) is 3.29. The number of ether oxygens (including phenoxy) is 2. The fraction of sp³-hybridized carbons (Fsp3) is 0.318. The van der Waals surface area contributed by atoms with Crippen LogP contribution in [0.5, 0.6) is 5.75 Å². The number of carbonyl (C=O) groups is 1. The number of aryl methyl sites for hydroxylation is 1. The monoisotopic (exact) mass is 426 g/mol. The van der Waals surface area contributed by atoms with E-state index in [1.54, 1.807) is 14.2 Å². The smallest absolute Gasteiger partial charge is 0.234 e. The molecular weight excluding hydrogens is 400 g/mol. The van der Waals surface area contributed by atoms with Crippen LogP contribution in [0.15, 0.2) is 47.6 Å². The van der Waals surface area contributed by atoms with E-state index < -0.39 is 0 Å². The zero-order chi connectivity index (χ0) is 21.5. The van der Waals surface area contributed by atoms with Gasteiger partial charge in [0.15, 0.2) is 11.0 Å². The number of thioether (sulfide) groups is 1. The molecule has 0 saturated heterocycles. The molecule has 0 aliphatic rings. The topological polar surface area (TPSA) is 78.3 Å². The molecule has 0 fully saturated rings. The Morgan fingerprint density at radius 2 is 1.87 bits per heavy atom. The van der Waals surface area contributed by atoms with Gasteiger partial charge < -0.3 is 14.8 Å². The van der Waals surface area contributed by atoms with Crippen molar-refractivity contribution in [2.45, 2.75) is 25.5 Å². The Morgan fingerprint density at radius 1 is 1.10 bits per heavy atom. The van der Waals surface area contributed by atoms with Crippen LogP contribution < -0.4 is 10.1 Å². The predicted octanol–water partition coefficient (Wildman–Crippen LogP) is 3.95. The third kappa shape index (κ3) is 5.20. The lowest BCUT2D eigenvalue weighted by Gasteiger charge is -2.11. The van der Waals surface area contributed by atoms with Crippen molar-refractivity contribution in [2.24, 2.45) is 0 Å². The fourth-order valence-electron chi connectivity index (χ4n) is 2.94. The second kappa shape index (κ2) is 10.3. The molecule has 0 radical (unpaired) electrons. The lowest BCUT2D eigenvalue weighted by Crippen LogP contribution is -2.16. The first-order valence-corrected chi connectivity index (χ1v) is 10.6. The van der Waals surface area contributed by atoms with Crippen molar-refractivity contribution in [2.75, 3.05) is 31.9 Å². The first kappa shape index (κ1) is 21.9. The summed E-state index contributed by atoms with van der Waals surface area (Å²) in [5.74, 6) is 1.66. The lowest BCUT2D eigenvalue weighted by molar-refractivity contribution is -0.113. The second-order valence-corrected chi connectivity index (χ2v) is 7.71. The summed E-state index contributed by atoms with van der Waals surface area (Å²) in [6, 6.07) is 13.5. The predicted molar refractivity (Wildman–Crippen MR) is 119 cm³/mol. The molecule has 0 unspecified atom stereocenters. The number of rotatable bonds is 9. The van der Waals surface area contributed by atoms with Crippen LogP contribution in [0.1, 0.15) is 11.1 Å². The van der Waals surface area contributed by atoms with E-state index in [4.69, 9.17) is 9.47 Å². The van der Waals surface area contributed by atoms with Crippen molar-refractivity contribution >= 4 is 23.4 Å². The first-order valence-electron chi connectivity index (χ1n) is 9.59. The highest BCUT2D eigenvalue weighted by Crippen LogP contribution is 2.26. The van der Waals surface area contributed by atoms with Gasteiger partial charge in [-0.05, 0) is 55.3 Å². The van der Waals surface area contributed by atoms with Gasteiger partial charge in [-0.1, -0.05) is 23.9 Å². The molecule has 3 rings (SSSR count). The van der Waals surface area contributed by atoms with Crippen LogP contribution in [0, 0.1) is 13.8 Å². The molecule has 158 valence electrons. The number of benzene rings is 2. The van der Waals surface area contributed by atoms with Gasteiger partial charge in [-0.25, -0.2) is 0 Å². The van der Waals surface area contributed by atoms with Gasteiger partial charge in [0, 0.05) is 18.4 Å². The van der Waals surface area contributed by atoms with Crippen molar-refractivity contribution in [3.05, 3.63) is 53.6 Å². The summed E-state index contributed by atoms with van der Waals surface area (Å²) in [5, 5.41) is 12.3. The molecular formula is C22H26N4O3S. The number of carbonyl (C=O) groups excluding carboxylic acids is 1. The van der Waals surface area contributed by atoms with Gasteiger partial charge in [-0.15, -0.1) is 10.2 Å². The summed E-state index contributed by atoms with van der Waals surface area (Å²) in [6.45, 7) is 5.13. The molecule has 0 atom stereocenters. The standard InChI is InChI=1S/C22H26N4O3S/c1-15-6-5-7-19(16(15)2)23-20(27)14-30-22-25-24-21(26(22)12-13-28-3)17-8-10-18(29-4)11-9-17/h5-11H,12-14H2,1-4H3,(H,23,27). The molecule has 3 aromatic rings. The fourth-order valence-corrected chi connectivity index (χ4v) is 3.70. The van der Waals surface area contributed by atoms with E-state index in [2.05, 4.69) is 15.5 Å². The Labute approximate surface area is 180 Å². The minimum atomic E-state index is -0.0824. The molecule has 0 aliphatic heterocycles. The SMILES string of the molecule is COCCn1c(SCC(=O)Nc2cccc(C)c2C)nnc1-c1ccc(OC)cc1. The van der Waals surface area contributed by atoms with Crippen LogP contribution in [-0.4, -0.2) is 47.3 Å². The van der Waals surface area contributed by atoms with Crippen molar-refractivity contribution in [3.63, 3.8) is 0 Å². The first-order chi connectivity index (χ1) is 14.5. The van der Waals surface area contributed by atoms with Gasteiger partial charge in [0.2, 0.25) is 5.91 Å². The summed E-state index contributed by atoms with van der Waals surface area (Å²) in [6.07, 6.45) is 0. The number of anilines is 1. The van der Waals surface area contributed by atoms with E-state index in [-0.39, 0.29) is 11.7 Å². The van der Waals surface area contributed by atoms with E-state index in [1.807, 2.05) is 60.9 Å². The number of hydrogen-bond acceptors (Lipinski definition) is 6. The average Bonchev–Trinajstić information content (AvgIpc) is 3.16.